The maximum atomic E-state index is 12.7. The van der Waals surface area contributed by atoms with Crippen LogP contribution in [0.1, 0.15) is 33.6 Å². The Labute approximate surface area is 103 Å². The highest BCUT2D eigenvalue weighted by molar-refractivity contribution is 5.22. The normalized spacial score (nSPS) is 12.8. The van der Waals surface area contributed by atoms with Crippen molar-refractivity contribution in [3.63, 3.8) is 0 Å². The zero-order chi connectivity index (χ0) is 12.7. The van der Waals surface area contributed by atoms with Crippen LogP contribution >= 0.6 is 0 Å². The predicted molar refractivity (Wildman–Crippen MR) is 68.9 cm³/mol. The van der Waals surface area contributed by atoms with Crippen molar-refractivity contribution in [2.45, 2.75) is 45.8 Å². The molecule has 0 spiro atoms. The SMILES string of the molecule is CC(C)NCCCC(C)Oc1ccc(F)cc1. The Morgan fingerprint density at radius 2 is 1.82 bits per heavy atom. The summed E-state index contributed by atoms with van der Waals surface area (Å²) in [5, 5.41) is 3.37. The summed E-state index contributed by atoms with van der Waals surface area (Å²) in [6, 6.07) is 6.70. The van der Waals surface area contributed by atoms with Crippen molar-refractivity contribution in [2.24, 2.45) is 0 Å². The second-order valence-electron chi connectivity index (χ2n) is 4.63. The Morgan fingerprint density at radius 1 is 1.18 bits per heavy atom. The summed E-state index contributed by atoms with van der Waals surface area (Å²) < 4.78 is 18.4. The fraction of sp³-hybridized carbons (Fsp3) is 0.571. The zero-order valence-corrected chi connectivity index (χ0v) is 10.9. The molecule has 96 valence electrons. The fourth-order valence-electron chi connectivity index (χ4n) is 1.58. The van der Waals surface area contributed by atoms with Gasteiger partial charge in [0.05, 0.1) is 6.10 Å². The van der Waals surface area contributed by atoms with Gasteiger partial charge in [-0.15, -0.1) is 0 Å². The molecule has 0 fully saturated rings. The lowest BCUT2D eigenvalue weighted by molar-refractivity contribution is 0.207. The molecule has 1 rings (SSSR count). The van der Waals surface area contributed by atoms with E-state index in [-0.39, 0.29) is 11.9 Å². The minimum atomic E-state index is -0.230. The standard InChI is InChI=1S/C14H22FNO/c1-11(2)16-10-4-5-12(3)17-14-8-6-13(15)7-9-14/h6-9,11-12,16H,4-5,10H2,1-3H3. The maximum Gasteiger partial charge on any atom is 0.123 e. The quantitative estimate of drug-likeness (QED) is 0.737. The number of benzene rings is 1. The van der Waals surface area contributed by atoms with Gasteiger partial charge in [0.25, 0.3) is 0 Å². The molecule has 0 aromatic heterocycles. The van der Waals surface area contributed by atoms with E-state index in [0.717, 1.165) is 25.1 Å². The summed E-state index contributed by atoms with van der Waals surface area (Å²) in [5.74, 6) is 0.502. The first-order chi connectivity index (χ1) is 8.08. The molecular formula is C14H22FNO. The highest BCUT2D eigenvalue weighted by Gasteiger charge is 2.04. The molecule has 0 heterocycles. The first kappa shape index (κ1) is 14.0. The van der Waals surface area contributed by atoms with Crippen LogP contribution in [0.3, 0.4) is 0 Å². The van der Waals surface area contributed by atoms with E-state index in [1.165, 1.54) is 12.1 Å². The summed E-state index contributed by atoms with van der Waals surface area (Å²) >= 11 is 0. The summed E-state index contributed by atoms with van der Waals surface area (Å²) in [6.07, 6.45) is 2.24. The monoisotopic (exact) mass is 239 g/mol. The minimum Gasteiger partial charge on any atom is -0.491 e. The van der Waals surface area contributed by atoms with Crippen molar-refractivity contribution in [1.82, 2.24) is 5.32 Å². The van der Waals surface area contributed by atoms with E-state index in [4.69, 9.17) is 4.74 Å². The molecule has 17 heavy (non-hydrogen) atoms. The zero-order valence-electron chi connectivity index (χ0n) is 10.9. The van der Waals surface area contributed by atoms with Crippen molar-refractivity contribution in [3.05, 3.63) is 30.1 Å². The lowest BCUT2D eigenvalue weighted by Gasteiger charge is -2.15. The van der Waals surface area contributed by atoms with Crippen molar-refractivity contribution >= 4 is 0 Å². The molecular weight excluding hydrogens is 217 g/mol. The van der Waals surface area contributed by atoms with E-state index in [1.807, 2.05) is 6.92 Å². The Balaban J connectivity index is 2.20. The van der Waals surface area contributed by atoms with Crippen LogP contribution in [0.5, 0.6) is 5.75 Å². The molecule has 0 aliphatic carbocycles. The average Bonchev–Trinajstić information content (AvgIpc) is 2.27. The topological polar surface area (TPSA) is 21.3 Å². The van der Waals surface area contributed by atoms with Crippen LogP contribution in [0.2, 0.25) is 0 Å². The van der Waals surface area contributed by atoms with E-state index in [1.54, 1.807) is 12.1 Å². The van der Waals surface area contributed by atoms with Gasteiger partial charge in [0.15, 0.2) is 0 Å². The van der Waals surface area contributed by atoms with Crippen molar-refractivity contribution in [2.75, 3.05) is 6.54 Å². The number of hydrogen-bond donors (Lipinski definition) is 1. The van der Waals surface area contributed by atoms with Crippen LogP contribution in [0.15, 0.2) is 24.3 Å². The van der Waals surface area contributed by atoms with Crippen LogP contribution < -0.4 is 10.1 Å². The highest BCUT2D eigenvalue weighted by atomic mass is 19.1. The molecule has 1 unspecified atom stereocenters. The molecule has 0 aliphatic heterocycles. The summed E-state index contributed by atoms with van der Waals surface area (Å²) in [5.41, 5.74) is 0. The molecule has 1 aromatic rings. The largest absolute Gasteiger partial charge is 0.491 e. The molecule has 0 radical (unpaired) electrons. The van der Waals surface area contributed by atoms with E-state index in [9.17, 15) is 4.39 Å². The number of rotatable bonds is 7. The molecule has 0 amide bonds. The van der Waals surface area contributed by atoms with Gasteiger partial charge in [0.2, 0.25) is 0 Å². The third kappa shape index (κ3) is 6.27. The van der Waals surface area contributed by atoms with Gasteiger partial charge < -0.3 is 10.1 Å². The van der Waals surface area contributed by atoms with Gasteiger partial charge in [-0.2, -0.15) is 0 Å². The second-order valence-corrected chi connectivity index (χ2v) is 4.63. The molecule has 1 aromatic carbocycles. The molecule has 0 saturated heterocycles. The maximum absolute atomic E-state index is 12.7. The Kier molecular flexibility index (Phi) is 5.98. The predicted octanol–water partition coefficient (Wildman–Crippen LogP) is 3.37. The highest BCUT2D eigenvalue weighted by Crippen LogP contribution is 2.14. The molecule has 2 nitrogen and oxygen atoms in total. The van der Waals surface area contributed by atoms with Gasteiger partial charge in [0, 0.05) is 6.04 Å². The first-order valence-corrected chi connectivity index (χ1v) is 6.23. The van der Waals surface area contributed by atoms with Crippen LogP contribution in [0.4, 0.5) is 4.39 Å². The summed E-state index contributed by atoms with van der Waals surface area (Å²) in [7, 11) is 0. The number of ether oxygens (including phenoxy) is 1. The van der Waals surface area contributed by atoms with E-state index in [0.29, 0.717) is 6.04 Å². The molecule has 0 saturated carbocycles. The van der Waals surface area contributed by atoms with Crippen molar-refractivity contribution in [1.29, 1.82) is 0 Å². The van der Waals surface area contributed by atoms with Gasteiger partial charge >= 0.3 is 0 Å². The number of hydrogen-bond acceptors (Lipinski definition) is 2. The first-order valence-electron chi connectivity index (χ1n) is 6.23. The van der Waals surface area contributed by atoms with Crippen LogP contribution in [-0.4, -0.2) is 18.7 Å². The smallest absolute Gasteiger partial charge is 0.123 e. The van der Waals surface area contributed by atoms with Crippen LogP contribution in [0.25, 0.3) is 0 Å². The van der Waals surface area contributed by atoms with Gasteiger partial charge in [-0.25, -0.2) is 4.39 Å². The lowest BCUT2D eigenvalue weighted by atomic mass is 10.2. The molecule has 1 atom stereocenters. The fourth-order valence-corrected chi connectivity index (χ4v) is 1.58. The van der Waals surface area contributed by atoms with Gasteiger partial charge in [-0.05, 0) is 50.6 Å². The van der Waals surface area contributed by atoms with Crippen LogP contribution in [0, 0.1) is 5.82 Å². The minimum absolute atomic E-state index is 0.162. The lowest BCUT2D eigenvalue weighted by Crippen LogP contribution is -2.25. The van der Waals surface area contributed by atoms with E-state index < -0.39 is 0 Å². The van der Waals surface area contributed by atoms with Gasteiger partial charge in [-0.1, -0.05) is 13.8 Å². The molecule has 0 aliphatic rings. The Bertz CT molecular complexity index is 311. The molecule has 1 N–H and O–H groups in total. The van der Waals surface area contributed by atoms with Gasteiger partial charge in [0.1, 0.15) is 11.6 Å². The van der Waals surface area contributed by atoms with E-state index in [2.05, 4.69) is 19.2 Å². The Hall–Kier alpha value is -1.09. The van der Waals surface area contributed by atoms with Gasteiger partial charge in [-0.3, -0.25) is 0 Å². The third-order valence-corrected chi connectivity index (χ3v) is 2.49. The van der Waals surface area contributed by atoms with E-state index >= 15 is 0 Å². The number of nitrogens with one attached hydrogen (secondary N) is 1. The summed E-state index contributed by atoms with van der Waals surface area (Å²) in [4.78, 5) is 0. The van der Waals surface area contributed by atoms with Crippen molar-refractivity contribution in [3.8, 4) is 5.75 Å². The molecule has 0 bridgehead atoms. The number of halogens is 1. The van der Waals surface area contributed by atoms with Crippen molar-refractivity contribution < 1.29 is 9.13 Å². The summed E-state index contributed by atoms with van der Waals surface area (Å²) in [6.45, 7) is 7.32. The third-order valence-electron chi connectivity index (χ3n) is 2.49. The Morgan fingerprint density at radius 3 is 2.41 bits per heavy atom. The van der Waals surface area contributed by atoms with Crippen LogP contribution in [-0.2, 0) is 0 Å². The molecule has 3 heteroatoms. The average molecular weight is 239 g/mol. The second kappa shape index (κ2) is 7.28.